The van der Waals surface area contributed by atoms with E-state index in [1.807, 2.05) is 6.92 Å². The zero-order chi connectivity index (χ0) is 12.1. The van der Waals surface area contributed by atoms with Crippen molar-refractivity contribution in [3.05, 3.63) is 34.4 Å². The van der Waals surface area contributed by atoms with Crippen LogP contribution in [0.3, 0.4) is 0 Å². The van der Waals surface area contributed by atoms with E-state index < -0.39 is 0 Å². The predicted molar refractivity (Wildman–Crippen MR) is 67.1 cm³/mol. The molecule has 1 aromatic carbocycles. The number of aryl methyl sites for hydroxylation is 1. The minimum Gasteiger partial charge on any atom is -0.294 e. The Kier molecular flexibility index (Phi) is 2.45. The molecule has 0 aliphatic heterocycles. The molecule has 1 aliphatic rings. The topological polar surface area (TPSA) is 17.1 Å². The van der Waals surface area contributed by atoms with Crippen LogP contribution in [0.1, 0.15) is 60.7 Å². The quantitative estimate of drug-likeness (QED) is 0.696. The van der Waals surface area contributed by atoms with E-state index in [9.17, 15) is 4.79 Å². The molecule has 0 spiro atoms. The van der Waals surface area contributed by atoms with Gasteiger partial charge in [0, 0.05) is 11.0 Å². The van der Waals surface area contributed by atoms with Crippen molar-refractivity contribution in [3.8, 4) is 0 Å². The second kappa shape index (κ2) is 3.44. The van der Waals surface area contributed by atoms with Crippen LogP contribution >= 0.6 is 0 Å². The molecule has 0 bridgehead atoms. The second-order valence-electron chi connectivity index (χ2n) is 5.87. The number of benzene rings is 1. The first-order valence-corrected chi connectivity index (χ1v) is 6.02. The van der Waals surface area contributed by atoms with Crippen molar-refractivity contribution in [2.75, 3.05) is 0 Å². The van der Waals surface area contributed by atoms with E-state index in [0.29, 0.717) is 11.7 Å². The van der Waals surface area contributed by atoms with E-state index in [4.69, 9.17) is 0 Å². The van der Waals surface area contributed by atoms with Crippen molar-refractivity contribution >= 4 is 5.78 Å². The molecule has 86 valence electrons. The molecule has 1 heteroatoms. The zero-order valence-electron chi connectivity index (χ0n) is 10.8. The molecule has 1 nitrogen and oxygen atoms in total. The lowest BCUT2D eigenvalue weighted by Gasteiger charge is -2.14. The van der Waals surface area contributed by atoms with E-state index in [2.05, 4.69) is 39.8 Å². The molecule has 0 heterocycles. The van der Waals surface area contributed by atoms with Gasteiger partial charge in [-0.2, -0.15) is 0 Å². The first-order valence-electron chi connectivity index (χ1n) is 6.02. The average Bonchev–Trinajstić information content (AvgIpc) is 2.38. The van der Waals surface area contributed by atoms with E-state index in [-0.39, 0.29) is 5.41 Å². The maximum atomic E-state index is 12.3. The molecule has 0 radical (unpaired) electrons. The van der Waals surface area contributed by atoms with Crippen molar-refractivity contribution in [1.29, 1.82) is 0 Å². The fraction of sp³-hybridized carbons (Fsp3) is 0.533. The van der Waals surface area contributed by atoms with Gasteiger partial charge in [0.2, 0.25) is 0 Å². The van der Waals surface area contributed by atoms with E-state index in [0.717, 1.165) is 17.5 Å². The number of hydrogen-bond donors (Lipinski definition) is 0. The molecule has 0 aromatic heterocycles. The number of Topliss-reactive ketones (excluding diaryl/α,β-unsaturated/α-hetero) is 1. The summed E-state index contributed by atoms with van der Waals surface area (Å²) in [5.74, 6) is 0.818. The van der Waals surface area contributed by atoms with Gasteiger partial charge in [-0.15, -0.1) is 0 Å². The van der Waals surface area contributed by atoms with Gasteiger partial charge in [-0.3, -0.25) is 4.79 Å². The minimum atomic E-state index is -0.210. The fourth-order valence-electron chi connectivity index (χ4n) is 2.69. The number of carbonyl (C=O) groups is 1. The van der Waals surface area contributed by atoms with Crippen molar-refractivity contribution in [1.82, 2.24) is 0 Å². The third-order valence-corrected chi connectivity index (χ3v) is 3.64. The smallest absolute Gasteiger partial charge is 0.169 e. The first kappa shape index (κ1) is 11.4. The lowest BCUT2D eigenvalue weighted by molar-refractivity contribution is 0.0863. The monoisotopic (exact) mass is 216 g/mol. The molecule has 0 fully saturated rings. The van der Waals surface area contributed by atoms with Crippen LogP contribution in [0.5, 0.6) is 0 Å². The van der Waals surface area contributed by atoms with Gasteiger partial charge in [0.1, 0.15) is 0 Å². The van der Waals surface area contributed by atoms with Gasteiger partial charge in [-0.1, -0.05) is 39.8 Å². The summed E-state index contributed by atoms with van der Waals surface area (Å²) in [6, 6.07) is 4.28. The Hall–Kier alpha value is -1.11. The van der Waals surface area contributed by atoms with Crippen molar-refractivity contribution in [2.45, 2.75) is 47.0 Å². The Morgan fingerprint density at radius 2 is 1.88 bits per heavy atom. The van der Waals surface area contributed by atoms with Gasteiger partial charge in [0.15, 0.2) is 5.78 Å². The summed E-state index contributed by atoms with van der Waals surface area (Å²) in [5, 5.41) is 0. The van der Waals surface area contributed by atoms with Crippen LogP contribution in [0.15, 0.2) is 12.1 Å². The molecule has 0 atom stereocenters. The molecule has 1 aliphatic carbocycles. The molecule has 1 aromatic rings. The lowest BCUT2D eigenvalue weighted by Crippen LogP contribution is -2.19. The Bertz CT molecular complexity index is 453. The molecular formula is C15H20O. The Labute approximate surface area is 97.9 Å². The minimum absolute atomic E-state index is 0.210. The van der Waals surface area contributed by atoms with Crippen molar-refractivity contribution < 1.29 is 4.79 Å². The van der Waals surface area contributed by atoms with Crippen LogP contribution in [-0.4, -0.2) is 5.78 Å². The Morgan fingerprint density at radius 1 is 1.25 bits per heavy atom. The van der Waals surface area contributed by atoms with Crippen LogP contribution < -0.4 is 0 Å². The number of rotatable bonds is 1. The van der Waals surface area contributed by atoms with Crippen LogP contribution in [0.2, 0.25) is 0 Å². The number of hydrogen-bond acceptors (Lipinski definition) is 1. The fourth-order valence-corrected chi connectivity index (χ4v) is 2.69. The Morgan fingerprint density at radius 3 is 2.44 bits per heavy atom. The summed E-state index contributed by atoms with van der Waals surface area (Å²) in [7, 11) is 0. The number of carbonyl (C=O) groups excluding carboxylic acids is 1. The van der Waals surface area contributed by atoms with Crippen LogP contribution in [0, 0.1) is 12.3 Å². The molecule has 16 heavy (non-hydrogen) atoms. The molecule has 0 amide bonds. The number of fused-ring (bicyclic) bond motifs is 1. The summed E-state index contributed by atoms with van der Waals surface area (Å²) in [5.41, 5.74) is 4.56. The largest absolute Gasteiger partial charge is 0.294 e. The highest BCUT2D eigenvalue weighted by atomic mass is 16.1. The summed E-state index contributed by atoms with van der Waals surface area (Å²) in [4.78, 5) is 12.3. The second-order valence-corrected chi connectivity index (χ2v) is 5.87. The molecule has 2 rings (SSSR count). The van der Waals surface area contributed by atoms with Crippen molar-refractivity contribution in [3.63, 3.8) is 0 Å². The Balaban J connectivity index is 2.67. The predicted octanol–water partition coefficient (Wildman–Crippen LogP) is 3.88. The van der Waals surface area contributed by atoms with E-state index in [1.165, 1.54) is 11.1 Å². The van der Waals surface area contributed by atoms with E-state index in [1.54, 1.807) is 0 Å². The SMILES string of the molecule is Cc1ccc(C(C)C)c2c1C(=O)C(C)(C)C2. The molecule has 0 saturated carbocycles. The number of ketones is 1. The molecule has 0 saturated heterocycles. The molecule has 0 N–H and O–H groups in total. The zero-order valence-corrected chi connectivity index (χ0v) is 10.8. The first-order chi connectivity index (χ1) is 7.34. The van der Waals surface area contributed by atoms with Crippen molar-refractivity contribution in [2.24, 2.45) is 5.41 Å². The summed E-state index contributed by atoms with van der Waals surface area (Å²) in [6.45, 7) is 10.5. The highest BCUT2D eigenvalue weighted by Gasteiger charge is 2.39. The van der Waals surface area contributed by atoms with Crippen LogP contribution in [0.4, 0.5) is 0 Å². The molecular weight excluding hydrogens is 196 g/mol. The van der Waals surface area contributed by atoms with Crippen LogP contribution in [0.25, 0.3) is 0 Å². The van der Waals surface area contributed by atoms with Crippen LogP contribution in [-0.2, 0) is 6.42 Å². The van der Waals surface area contributed by atoms with Gasteiger partial charge in [-0.05, 0) is 36.0 Å². The standard InChI is InChI=1S/C15H20O/c1-9(2)11-7-6-10(3)13-12(11)8-15(4,5)14(13)16/h6-7,9H,8H2,1-5H3. The summed E-state index contributed by atoms with van der Waals surface area (Å²) in [6.07, 6.45) is 0.899. The van der Waals surface area contributed by atoms with Gasteiger partial charge in [-0.25, -0.2) is 0 Å². The maximum absolute atomic E-state index is 12.3. The normalized spacial score (nSPS) is 18.0. The van der Waals surface area contributed by atoms with E-state index >= 15 is 0 Å². The summed E-state index contributed by atoms with van der Waals surface area (Å²) >= 11 is 0. The lowest BCUT2D eigenvalue weighted by atomic mass is 9.88. The van der Waals surface area contributed by atoms with Gasteiger partial charge >= 0.3 is 0 Å². The summed E-state index contributed by atoms with van der Waals surface area (Å²) < 4.78 is 0. The maximum Gasteiger partial charge on any atom is 0.169 e. The van der Waals surface area contributed by atoms with Gasteiger partial charge < -0.3 is 0 Å². The third-order valence-electron chi connectivity index (χ3n) is 3.64. The average molecular weight is 216 g/mol. The highest BCUT2D eigenvalue weighted by Crippen LogP contribution is 2.41. The van der Waals surface area contributed by atoms with Gasteiger partial charge in [0.25, 0.3) is 0 Å². The third kappa shape index (κ3) is 1.50. The molecule has 0 unspecified atom stereocenters. The van der Waals surface area contributed by atoms with Gasteiger partial charge in [0.05, 0.1) is 0 Å². The highest BCUT2D eigenvalue weighted by molar-refractivity contribution is 6.06.